The number of ether oxygens (including phenoxy) is 1. The molecular weight excluding hydrogens is 283 g/mol. The van der Waals surface area contributed by atoms with Crippen LogP contribution in [0, 0.1) is 5.92 Å². The van der Waals surface area contributed by atoms with E-state index in [1.54, 1.807) is 4.90 Å². The molecule has 6 heteroatoms. The van der Waals surface area contributed by atoms with Crippen LogP contribution in [0.3, 0.4) is 0 Å². The van der Waals surface area contributed by atoms with E-state index in [9.17, 15) is 18.0 Å². The molecule has 0 unspecified atom stereocenters. The minimum absolute atomic E-state index is 0.250. The van der Waals surface area contributed by atoms with Gasteiger partial charge in [-0.05, 0) is 30.2 Å². The first kappa shape index (κ1) is 17.5. The summed E-state index contributed by atoms with van der Waals surface area (Å²) < 4.78 is 42.5. The molecule has 3 nitrogen and oxygen atoms in total. The number of nitrogens with zero attached hydrogens (tertiary/aromatic N) is 1. The summed E-state index contributed by atoms with van der Waals surface area (Å²) in [5.41, 5.74) is -0.508. The molecule has 1 amide bonds. The van der Waals surface area contributed by atoms with E-state index < -0.39 is 11.7 Å². The minimum atomic E-state index is -4.39. The van der Waals surface area contributed by atoms with Crippen molar-refractivity contribution in [2.24, 2.45) is 5.92 Å². The second-order valence-corrected chi connectivity index (χ2v) is 5.21. The van der Waals surface area contributed by atoms with Crippen molar-refractivity contribution < 1.29 is 22.7 Å². The lowest BCUT2D eigenvalue weighted by Crippen LogP contribution is -2.36. The molecule has 1 aromatic carbocycles. The molecule has 0 aromatic heterocycles. The van der Waals surface area contributed by atoms with E-state index in [2.05, 4.69) is 0 Å². The first-order valence-electron chi connectivity index (χ1n) is 6.71. The lowest BCUT2D eigenvalue weighted by atomic mass is 10.1. The van der Waals surface area contributed by atoms with Gasteiger partial charge in [-0.1, -0.05) is 13.8 Å². The standard InChI is InChI=1S/C15H20F3NO2/c1-11(2)10-19(8-9-21-3)14(20)12-4-6-13(7-5-12)15(16,17)18/h4-7,11H,8-10H2,1-3H3. The van der Waals surface area contributed by atoms with Crippen LogP contribution in [-0.2, 0) is 10.9 Å². The second kappa shape index (κ2) is 7.45. The fourth-order valence-electron chi connectivity index (χ4n) is 1.90. The van der Waals surface area contributed by atoms with E-state index in [0.717, 1.165) is 12.1 Å². The number of halogens is 3. The van der Waals surface area contributed by atoms with Crippen LogP contribution in [0.25, 0.3) is 0 Å². The summed E-state index contributed by atoms with van der Waals surface area (Å²) in [6.07, 6.45) is -4.39. The predicted octanol–water partition coefficient (Wildman–Crippen LogP) is 3.45. The van der Waals surface area contributed by atoms with Gasteiger partial charge in [0, 0.05) is 25.8 Å². The van der Waals surface area contributed by atoms with Gasteiger partial charge in [0.25, 0.3) is 5.91 Å². The van der Waals surface area contributed by atoms with Crippen molar-refractivity contribution in [1.29, 1.82) is 0 Å². The molecule has 118 valence electrons. The van der Waals surface area contributed by atoms with Gasteiger partial charge in [0.1, 0.15) is 0 Å². The van der Waals surface area contributed by atoms with Crippen molar-refractivity contribution in [3.63, 3.8) is 0 Å². The number of hydrogen-bond acceptors (Lipinski definition) is 2. The molecule has 0 heterocycles. The first-order valence-corrected chi connectivity index (χ1v) is 6.71. The third-order valence-corrected chi connectivity index (χ3v) is 2.90. The van der Waals surface area contributed by atoms with Crippen LogP contribution in [0.1, 0.15) is 29.8 Å². The Kier molecular flexibility index (Phi) is 6.20. The number of amides is 1. The van der Waals surface area contributed by atoms with E-state index in [0.29, 0.717) is 19.7 Å². The number of alkyl halides is 3. The van der Waals surface area contributed by atoms with Crippen molar-refractivity contribution >= 4 is 5.91 Å². The molecular formula is C15H20F3NO2. The number of carbonyl (C=O) groups is 1. The van der Waals surface area contributed by atoms with Crippen LogP contribution in [0.5, 0.6) is 0 Å². The lowest BCUT2D eigenvalue weighted by molar-refractivity contribution is -0.137. The Morgan fingerprint density at radius 3 is 2.24 bits per heavy atom. The van der Waals surface area contributed by atoms with Crippen molar-refractivity contribution in [3.8, 4) is 0 Å². The predicted molar refractivity (Wildman–Crippen MR) is 74.1 cm³/mol. The molecule has 0 fully saturated rings. The number of rotatable bonds is 6. The summed E-state index contributed by atoms with van der Waals surface area (Å²) in [4.78, 5) is 13.9. The summed E-state index contributed by atoms with van der Waals surface area (Å²) in [6, 6.07) is 4.28. The zero-order valence-corrected chi connectivity index (χ0v) is 12.4. The Bertz CT molecular complexity index is 455. The summed E-state index contributed by atoms with van der Waals surface area (Å²) in [7, 11) is 1.54. The SMILES string of the molecule is COCCN(CC(C)C)C(=O)c1ccc(C(F)(F)F)cc1. The van der Waals surface area contributed by atoms with Gasteiger partial charge in [0.15, 0.2) is 0 Å². The molecule has 0 bridgehead atoms. The van der Waals surface area contributed by atoms with Gasteiger partial charge in [-0.25, -0.2) is 0 Å². The van der Waals surface area contributed by atoms with Gasteiger partial charge in [0.2, 0.25) is 0 Å². The fraction of sp³-hybridized carbons (Fsp3) is 0.533. The van der Waals surface area contributed by atoms with Crippen LogP contribution < -0.4 is 0 Å². The van der Waals surface area contributed by atoms with Gasteiger partial charge < -0.3 is 9.64 Å². The van der Waals surface area contributed by atoms with Crippen molar-refractivity contribution in [1.82, 2.24) is 4.90 Å². The van der Waals surface area contributed by atoms with E-state index in [-0.39, 0.29) is 17.4 Å². The maximum Gasteiger partial charge on any atom is 0.416 e. The highest BCUT2D eigenvalue weighted by Gasteiger charge is 2.30. The first-order chi connectivity index (χ1) is 9.75. The van der Waals surface area contributed by atoms with E-state index >= 15 is 0 Å². The fourth-order valence-corrected chi connectivity index (χ4v) is 1.90. The monoisotopic (exact) mass is 303 g/mol. The van der Waals surface area contributed by atoms with Crippen molar-refractivity contribution in [3.05, 3.63) is 35.4 Å². The highest BCUT2D eigenvalue weighted by molar-refractivity contribution is 5.94. The van der Waals surface area contributed by atoms with Crippen LogP contribution in [0.15, 0.2) is 24.3 Å². The van der Waals surface area contributed by atoms with Crippen molar-refractivity contribution in [2.75, 3.05) is 26.8 Å². The van der Waals surface area contributed by atoms with Crippen LogP contribution in [0.4, 0.5) is 13.2 Å². The molecule has 1 aromatic rings. The third-order valence-electron chi connectivity index (χ3n) is 2.90. The normalized spacial score (nSPS) is 11.8. The minimum Gasteiger partial charge on any atom is -0.383 e. The molecule has 0 saturated carbocycles. The van der Waals surface area contributed by atoms with E-state index in [1.807, 2.05) is 13.8 Å². The quantitative estimate of drug-likeness (QED) is 0.805. The molecule has 0 aliphatic heterocycles. The zero-order chi connectivity index (χ0) is 16.0. The van der Waals surface area contributed by atoms with Crippen LogP contribution >= 0.6 is 0 Å². The van der Waals surface area contributed by atoms with Gasteiger partial charge in [0.05, 0.1) is 12.2 Å². The van der Waals surface area contributed by atoms with Gasteiger partial charge in [-0.2, -0.15) is 13.2 Å². The van der Waals surface area contributed by atoms with Gasteiger partial charge >= 0.3 is 6.18 Å². The van der Waals surface area contributed by atoms with E-state index in [4.69, 9.17) is 4.74 Å². The largest absolute Gasteiger partial charge is 0.416 e. The average Bonchev–Trinajstić information content (AvgIpc) is 2.41. The Morgan fingerprint density at radius 1 is 1.24 bits per heavy atom. The third kappa shape index (κ3) is 5.38. The van der Waals surface area contributed by atoms with Crippen molar-refractivity contribution in [2.45, 2.75) is 20.0 Å². The van der Waals surface area contributed by atoms with Crippen LogP contribution in [0.2, 0.25) is 0 Å². The summed E-state index contributed by atoms with van der Waals surface area (Å²) in [5, 5.41) is 0. The Balaban J connectivity index is 2.87. The zero-order valence-electron chi connectivity index (χ0n) is 12.4. The molecule has 21 heavy (non-hydrogen) atoms. The summed E-state index contributed by atoms with van der Waals surface area (Å²) in [6.45, 7) is 5.27. The smallest absolute Gasteiger partial charge is 0.383 e. The highest BCUT2D eigenvalue weighted by Crippen LogP contribution is 2.29. The number of hydrogen-bond donors (Lipinski definition) is 0. The topological polar surface area (TPSA) is 29.5 Å². The number of carbonyl (C=O) groups excluding carboxylic acids is 1. The lowest BCUT2D eigenvalue weighted by Gasteiger charge is -2.24. The molecule has 0 atom stereocenters. The molecule has 0 saturated heterocycles. The molecule has 0 radical (unpaired) electrons. The van der Waals surface area contributed by atoms with Gasteiger partial charge in [-0.3, -0.25) is 4.79 Å². The maximum atomic E-state index is 12.5. The molecule has 0 aliphatic rings. The number of methoxy groups -OCH3 is 1. The van der Waals surface area contributed by atoms with Gasteiger partial charge in [-0.15, -0.1) is 0 Å². The van der Waals surface area contributed by atoms with Crippen LogP contribution in [-0.4, -0.2) is 37.6 Å². The summed E-state index contributed by atoms with van der Waals surface area (Å²) in [5.74, 6) is -0.0188. The number of benzene rings is 1. The Labute approximate surface area is 122 Å². The Hall–Kier alpha value is -1.56. The van der Waals surface area contributed by atoms with E-state index in [1.165, 1.54) is 19.2 Å². The maximum absolute atomic E-state index is 12.5. The summed E-state index contributed by atoms with van der Waals surface area (Å²) >= 11 is 0. The molecule has 1 rings (SSSR count). The molecule has 0 N–H and O–H groups in total. The Morgan fingerprint density at radius 2 is 1.81 bits per heavy atom. The average molecular weight is 303 g/mol. The highest BCUT2D eigenvalue weighted by atomic mass is 19.4. The molecule has 0 spiro atoms. The molecule has 0 aliphatic carbocycles. The second-order valence-electron chi connectivity index (χ2n) is 5.21.